The average molecular weight is 448 g/mol. The van der Waals surface area contributed by atoms with E-state index in [2.05, 4.69) is 22.3 Å². The number of carbonyl (C=O) groups excluding carboxylic acids is 2. The lowest BCUT2D eigenvalue weighted by Gasteiger charge is -2.18. The normalized spacial score (nSPS) is 16.3. The summed E-state index contributed by atoms with van der Waals surface area (Å²) in [5.41, 5.74) is 5.76. The minimum Gasteiger partial charge on any atom is -0.382 e. The number of hydrogen-bond acceptors (Lipinski definition) is 5. The van der Waals surface area contributed by atoms with Crippen LogP contribution in [-0.2, 0) is 14.3 Å². The molecular formula is C27H33N3O3. The number of nitrogens with one attached hydrogen (secondary N) is 1. The first-order valence-corrected chi connectivity index (χ1v) is 11.9. The molecule has 174 valence electrons. The number of nitrogens with zero attached hydrogens (tertiary/aromatic N) is 2. The van der Waals surface area contributed by atoms with Gasteiger partial charge in [0, 0.05) is 44.2 Å². The van der Waals surface area contributed by atoms with E-state index < -0.39 is 0 Å². The lowest BCUT2D eigenvalue weighted by molar-refractivity contribution is -0.137. The van der Waals surface area contributed by atoms with Crippen molar-refractivity contribution in [3.8, 4) is 0 Å². The van der Waals surface area contributed by atoms with Crippen LogP contribution in [0.3, 0.4) is 0 Å². The summed E-state index contributed by atoms with van der Waals surface area (Å²) < 4.78 is 5.40. The number of imide groups is 1. The molecule has 1 fully saturated rings. The molecule has 2 aromatic carbocycles. The van der Waals surface area contributed by atoms with E-state index in [-0.39, 0.29) is 11.8 Å². The molecule has 6 heteroatoms. The molecule has 0 bridgehead atoms. The van der Waals surface area contributed by atoms with E-state index >= 15 is 0 Å². The van der Waals surface area contributed by atoms with Gasteiger partial charge in [0.2, 0.25) is 0 Å². The van der Waals surface area contributed by atoms with Crippen LogP contribution in [0.5, 0.6) is 0 Å². The zero-order valence-corrected chi connectivity index (χ0v) is 19.8. The van der Waals surface area contributed by atoms with Crippen LogP contribution in [0.25, 0.3) is 5.57 Å². The van der Waals surface area contributed by atoms with Crippen LogP contribution in [0, 0.1) is 13.8 Å². The summed E-state index contributed by atoms with van der Waals surface area (Å²) in [6.07, 6.45) is 3.06. The van der Waals surface area contributed by atoms with E-state index in [9.17, 15) is 9.59 Å². The Hall–Kier alpha value is -3.12. The van der Waals surface area contributed by atoms with Crippen molar-refractivity contribution < 1.29 is 14.3 Å². The molecule has 0 aliphatic carbocycles. The summed E-state index contributed by atoms with van der Waals surface area (Å²) in [5, 5.41) is 3.27. The van der Waals surface area contributed by atoms with E-state index in [1.165, 1.54) is 23.4 Å². The maximum atomic E-state index is 13.4. The molecule has 0 atom stereocenters. The highest BCUT2D eigenvalue weighted by molar-refractivity contribution is 6.36. The lowest BCUT2D eigenvalue weighted by Crippen LogP contribution is -2.34. The van der Waals surface area contributed by atoms with Crippen molar-refractivity contribution in [1.82, 2.24) is 4.90 Å². The number of hydrogen-bond donors (Lipinski definition) is 1. The Bertz CT molecular complexity index is 1050. The molecule has 2 aromatic rings. The van der Waals surface area contributed by atoms with Crippen molar-refractivity contribution in [2.75, 3.05) is 43.1 Å². The molecule has 1 N–H and O–H groups in total. The lowest BCUT2D eigenvalue weighted by atomic mass is 9.99. The average Bonchev–Trinajstić information content (AvgIpc) is 3.42. The Morgan fingerprint density at radius 2 is 1.67 bits per heavy atom. The molecule has 6 nitrogen and oxygen atoms in total. The quantitative estimate of drug-likeness (QED) is 0.452. The summed E-state index contributed by atoms with van der Waals surface area (Å²) in [5.74, 6) is -0.538. The topological polar surface area (TPSA) is 61.9 Å². The van der Waals surface area contributed by atoms with Gasteiger partial charge in [0.05, 0.1) is 5.57 Å². The fraction of sp³-hybridized carbons (Fsp3) is 0.407. The Kier molecular flexibility index (Phi) is 7.14. The van der Waals surface area contributed by atoms with Gasteiger partial charge in [0.1, 0.15) is 5.70 Å². The molecule has 0 spiro atoms. The van der Waals surface area contributed by atoms with Crippen molar-refractivity contribution in [3.05, 3.63) is 64.9 Å². The van der Waals surface area contributed by atoms with E-state index in [4.69, 9.17) is 4.74 Å². The largest absolute Gasteiger partial charge is 0.382 e. The molecule has 33 heavy (non-hydrogen) atoms. The Morgan fingerprint density at radius 1 is 0.939 bits per heavy atom. The number of carbonyl (C=O) groups is 2. The fourth-order valence-corrected chi connectivity index (χ4v) is 4.40. The van der Waals surface area contributed by atoms with Gasteiger partial charge in [-0.1, -0.05) is 18.2 Å². The standard InChI is InChI=1S/C27H33N3O3/c1-4-33-17-7-16-30-26(31)24(21-9-8-19(2)20(3)18-21)25(27(30)32)28-22-10-12-23(13-11-22)29-14-5-6-15-29/h8-13,18,28H,4-7,14-17H2,1-3H3. The Balaban J connectivity index is 1.62. The maximum Gasteiger partial charge on any atom is 0.278 e. The van der Waals surface area contributed by atoms with E-state index in [1.54, 1.807) is 0 Å². The third-order valence-electron chi connectivity index (χ3n) is 6.45. The van der Waals surface area contributed by atoms with Crippen LogP contribution in [0.1, 0.15) is 42.9 Å². The van der Waals surface area contributed by atoms with Gasteiger partial charge in [-0.15, -0.1) is 0 Å². The number of ether oxygens (including phenoxy) is 1. The van der Waals surface area contributed by atoms with Crippen LogP contribution >= 0.6 is 0 Å². The van der Waals surface area contributed by atoms with Gasteiger partial charge in [-0.3, -0.25) is 14.5 Å². The maximum absolute atomic E-state index is 13.4. The van der Waals surface area contributed by atoms with Crippen molar-refractivity contribution in [2.45, 2.75) is 40.0 Å². The number of benzene rings is 2. The van der Waals surface area contributed by atoms with E-state index in [1.807, 2.05) is 51.1 Å². The monoisotopic (exact) mass is 447 g/mol. The van der Waals surface area contributed by atoms with Crippen LogP contribution in [0.4, 0.5) is 11.4 Å². The first-order chi connectivity index (χ1) is 16.0. The van der Waals surface area contributed by atoms with Crippen LogP contribution in [0.2, 0.25) is 0 Å². The summed E-state index contributed by atoms with van der Waals surface area (Å²) in [4.78, 5) is 30.4. The number of rotatable bonds is 9. The van der Waals surface area contributed by atoms with Gasteiger partial charge in [0.15, 0.2) is 0 Å². The number of anilines is 2. The first-order valence-electron chi connectivity index (χ1n) is 11.9. The Morgan fingerprint density at radius 3 is 2.33 bits per heavy atom. The number of aryl methyl sites for hydroxylation is 2. The fourth-order valence-electron chi connectivity index (χ4n) is 4.40. The molecule has 2 aliphatic rings. The van der Waals surface area contributed by atoms with Crippen molar-refractivity contribution in [1.29, 1.82) is 0 Å². The van der Waals surface area contributed by atoms with E-state index in [0.717, 1.165) is 35.5 Å². The highest BCUT2D eigenvalue weighted by atomic mass is 16.5. The SMILES string of the molecule is CCOCCCN1C(=O)C(Nc2ccc(N3CCCC3)cc2)=C(c2ccc(C)c(C)c2)C1=O. The third kappa shape index (κ3) is 4.96. The molecule has 1 saturated heterocycles. The summed E-state index contributed by atoms with van der Waals surface area (Å²) >= 11 is 0. The molecule has 2 heterocycles. The van der Waals surface area contributed by atoms with Crippen LogP contribution in [0.15, 0.2) is 48.2 Å². The van der Waals surface area contributed by atoms with Crippen LogP contribution < -0.4 is 10.2 Å². The molecular weight excluding hydrogens is 414 g/mol. The predicted octanol–water partition coefficient (Wildman–Crippen LogP) is 4.52. The van der Waals surface area contributed by atoms with Gasteiger partial charge in [-0.25, -0.2) is 0 Å². The minimum atomic E-state index is -0.284. The predicted molar refractivity (Wildman–Crippen MR) is 132 cm³/mol. The molecule has 2 amide bonds. The molecule has 0 aromatic heterocycles. The van der Waals surface area contributed by atoms with Crippen molar-refractivity contribution in [3.63, 3.8) is 0 Å². The zero-order chi connectivity index (χ0) is 23.4. The second-order valence-corrected chi connectivity index (χ2v) is 8.73. The van der Waals surface area contributed by atoms with Gasteiger partial charge >= 0.3 is 0 Å². The molecule has 0 radical (unpaired) electrons. The highest BCUT2D eigenvalue weighted by Gasteiger charge is 2.39. The third-order valence-corrected chi connectivity index (χ3v) is 6.45. The van der Waals surface area contributed by atoms with Gasteiger partial charge in [0.25, 0.3) is 11.8 Å². The summed E-state index contributed by atoms with van der Waals surface area (Å²) in [6.45, 7) is 9.63. The number of amides is 2. The smallest absolute Gasteiger partial charge is 0.278 e. The van der Waals surface area contributed by atoms with Crippen molar-refractivity contribution in [2.24, 2.45) is 0 Å². The van der Waals surface area contributed by atoms with Gasteiger partial charge in [-0.2, -0.15) is 0 Å². The van der Waals surface area contributed by atoms with Gasteiger partial charge in [-0.05, 0) is 81.0 Å². The Labute approximate surface area is 196 Å². The molecule has 0 unspecified atom stereocenters. The molecule has 4 rings (SSSR count). The molecule has 0 saturated carbocycles. The zero-order valence-electron chi connectivity index (χ0n) is 19.8. The highest BCUT2D eigenvalue weighted by Crippen LogP contribution is 2.32. The minimum absolute atomic E-state index is 0.254. The summed E-state index contributed by atoms with van der Waals surface area (Å²) in [7, 11) is 0. The second-order valence-electron chi connectivity index (χ2n) is 8.73. The first kappa shape index (κ1) is 23.1. The second kappa shape index (κ2) is 10.2. The van der Waals surface area contributed by atoms with Gasteiger partial charge < -0.3 is 15.0 Å². The summed E-state index contributed by atoms with van der Waals surface area (Å²) in [6, 6.07) is 14.0. The van der Waals surface area contributed by atoms with E-state index in [0.29, 0.717) is 37.4 Å². The van der Waals surface area contributed by atoms with Crippen molar-refractivity contribution >= 4 is 28.8 Å². The molecule has 2 aliphatic heterocycles. The van der Waals surface area contributed by atoms with Crippen LogP contribution in [-0.4, -0.2) is 49.6 Å².